The van der Waals surface area contributed by atoms with E-state index >= 15 is 0 Å². The maximum atomic E-state index is 13.3. The Hall–Kier alpha value is -3.98. The van der Waals surface area contributed by atoms with Crippen molar-refractivity contribution in [2.45, 2.75) is 25.2 Å². The van der Waals surface area contributed by atoms with Crippen molar-refractivity contribution in [3.8, 4) is 11.4 Å². The summed E-state index contributed by atoms with van der Waals surface area (Å²) in [4.78, 5) is 27.7. The van der Waals surface area contributed by atoms with Crippen LogP contribution in [0.15, 0.2) is 60.8 Å². The number of methoxy groups -OCH3 is 1. The van der Waals surface area contributed by atoms with Crippen molar-refractivity contribution in [3.05, 3.63) is 72.2 Å². The van der Waals surface area contributed by atoms with Gasteiger partial charge in [-0.3, -0.25) is 4.79 Å². The number of para-hydroxylation sites is 1. The first-order valence-electron chi connectivity index (χ1n) is 13.3. The number of aromatic nitrogens is 4. The highest BCUT2D eigenvalue weighted by Crippen LogP contribution is 2.32. The predicted octanol–water partition coefficient (Wildman–Crippen LogP) is 4.07. The lowest BCUT2D eigenvalue weighted by Crippen LogP contribution is -2.35. The van der Waals surface area contributed by atoms with Crippen molar-refractivity contribution in [1.82, 2.24) is 24.6 Å². The molecule has 2 aliphatic heterocycles. The molecule has 2 aromatic heterocycles. The number of rotatable bonds is 5. The van der Waals surface area contributed by atoms with E-state index in [9.17, 15) is 4.79 Å². The molecule has 0 saturated carbocycles. The molecule has 9 nitrogen and oxygen atoms in total. The lowest BCUT2D eigenvalue weighted by molar-refractivity contribution is 0.0766. The van der Waals surface area contributed by atoms with Crippen LogP contribution >= 0.6 is 0 Å². The maximum absolute atomic E-state index is 13.3. The number of benzene rings is 2. The van der Waals surface area contributed by atoms with Gasteiger partial charge in [0.15, 0.2) is 5.65 Å². The minimum Gasteiger partial charge on any atom is -0.497 e. The lowest BCUT2D eigenvalue weighted by atomic mass is 9.99. The third kappa shape index (κ3) is 4.81. The number of hydrogen-bond donors (Lipinski definition) is 0. The van der Waals surface area contributed by atoms with Crippen molar-refractivity contribution in [3.63, 3.8) is 0 Å². The van der Waals surface area contributed by atoms with Crippen LogP contribution in [0, 0.1) is 0 Å². The molecule has 9 heteroatoms. The number of fused-ring (bicyclic) bond motifs is 1. The van der Waals surface area contributed by atoms with Crippen molar-refractivity contribution in [2.75, 3.05) is 51.4 Å². The highest BCUT2D eigenvalue weighted by molar-refractivity contribution is 5.94. The first-order valence-corrected chi connectivity index (χ1v) is 13.3. The number of hydrogen-bond acceptors (Lipinski definition) is 7. The average Bonchev–Trinajstić information content (AvgIpc) is 3.26. The molecule has 2 fully saturated rings. The number of amides is 1. The normalized spacial score (nSPS) is 17.0. The fraction of sp³-hybridized carbons (Fsp3) is 0.379. The predicted molar refractivity (Wildman–Crippen MR) is 145 cm³/mol. The molecule has 0 bridgehead atoms. The van der Waals surface area contributed by atoms with Crippen molar-refractivity contribution in [1.29, 1.82) is 0 Å². The monoisotopic (exact) mass is 512 g/mol. The molecule has 2 saturated heterocycles. The van der Waals surface area contributed by atoms with E-state index in [1.807, 2.05) is 64.3 Å². The summed E-state index contributed by atoms with van der Waals surface area (Å²) < 4.78 is 12.8. The first kappa shape index (κ1) is 24.4. The van der Waals surface area contributed by atoms with Crippen LogP contribution in [0.5, 0.6) is 5.75 Å². The summed E-state index contributed by atoms with van der Waals surface area (Å²) in [6.07, 6.45) is 4.54. The van der Waals surface area contributed by atoms with Gasteiger partial charge < -0.3 is 19.3 Å². The fourth-order valence-electron chi connectivity index (χ4n) is 5.32. The van der Waals surface area contributed by atoms with Crippen molar-refractivity contribution in [2.24, 2.45) is 0 Å². The van der Waals surface area contributed by atoms with Gasteiger partial charge >= 0.3 is 0 Å². The SMILES string of the molecule is COc1cccc(C(=O)N2CCCN(c3nc(C4CCOCC4)nc4c3cnn4-c3ccccc3)CC2)c1. The molecule has 0 spiro atoms. The quantitative estimate of drug-likeness (QED) is 0.398. The molecule has 196 valence electrons. The van der Waals surface area contributed by atoms with Crippen LogP contribution in [0.25, 0.3) is 16.7 Å². The van der Waals surface area contributed by atoms with E-state index in [0.29, 0.717) is 30.9 Å². The molecule has 0 unspecified atom stereocenters. The molecule has 6 rings (SSSR count). The Morgan fingerprint density at radius 1 is 0.974 bits per heavy atom. The molecular weight excluding hydrogens is 480 g/mol. The Morgan fingerprint density at radius 2 is 1.82 bits per heavy atom. The summed E-state index contributed by atoms with van der Waals surface area (Å²) in [7, 11) is 1.62. The fourth-order valence-corrected chi connectivity index (χ4v) is 5.32. The zero-order valence-electron chi connectivity index (χ0n) is 21.6. The summed E-state index contributed by atoms with van der Waals surface area (Å²) >= 11 is 0. The van der Waals surface area contributed by atoms with Gasteiger partial charge in [-0.2, -0.15) is 5.10 Å². The zero-order chi connectivity index (χ0) is 25.9. The van der Waals surface area contributed by atoms with Crippen molar-refractivity contribution < 1.29 is 14.3 Å². The molecule has 2 aromatic carbocycles. The molecule has 4 aromatic rings. The number of carbonyl (C=O) groups excluding carboxylic acids is 1. The summed E-state index contributed by atoms with van der Waals surface area (Å²) in [5, 5.41) is 5.64. The van der Waals surface area contributed by atoms with Gasteiger partial charge in [0, 0.05) is 50.9 Å². The Kier molecular flexibility index (Phi) is 6.92. The van der Waals surface area contributed by atoms with E-state index in [4.69, 9.17) is 24.5 Å². The lowest BCUT2D eigenvalue weighted by Gasteiger charge is -2.26. The summed E-state index contributed by atoms with van der Waals surface area (Å²) in [6, 6.07) is 17.4. The minimum atomic E-state index is 0.0263. The molecular formula is C29H32N6O3. The molecule has 1 amide bonds. The standard InChI is InChI=1S/C29H32N6O3/c1-37-24-10-5-7-22(19-24)29(36)34-14-6-13-33(15-16-34)27-25-20-30-35(23-8-3-2-4-9-23)28(25)32-26(31-27)21-11-17-38-18-12-21/h2-5,7-10,19-21H,6,11-18H2,1H3. The van der Waals surface area contributed by atoms with E-state index in [1.165, 1.54) is 0 Å². The van der Waals surface area contributed by atoms with Crippen LogP contribution in [0.4, 0.5) is 5.82 Å². The third-order valence-electron chi connectivity index (χ3n) is 7.41. The molecule has 38 heavy (non-hydrogen) atoms. The van der Waals surface area contributed by atoms with Gasteiger partial charge in [0.2, 0.25) is 0 Å². The van der Waals surface area contributed by atoms with Gasteiger partial charge in [0.05, 0.1) is 24.4 Å². The van der Waals surface area contributed by atoms with E-state index < -0.39 is 0 Å². The van der Waals surface area contributed by atoms with Gasteiger partial charge in [0.1, 0.15) is 17.4 Å². The summed E-state index contributed by atoms with van der Waals surface area (Å²) in [5.74, 6) is 2.71. The summed E-state index contributed by atoms with van der Waals surface area (Å²) in [6.45, 7) is 4.25. The van der Waals surface area contributed by atoms with Crippen molar-refractivity contribution >= 4 is 22.8 Å². The minimum absolute atomic E-state index is 0.0263. The van der Waals surface area contributed by atoms with Gasteiger partial charge in [-0.1, -0.05) is 24.3 Å². The molecule has 0 atom stereocenters. The van der Waals surface area contributed by atoms with Crippen LogP contribution in [0.3, 0.4) is 0 Å². The third-order valence-corrected chi connectivity index (χ3v) is 7.41. The van der Waals surface area contributed by atoms with Gasteiger partial charge in [0.25, 0.3) is 5.91 Å². The Labute approximate surface area is 222 Å². The van der Waals surface area contributed by atoms with Crippen LogP contribution in [0.2, 0.25) is 0 Å². The van der Waals surface area contributed by atoms with Gasteiger partial charge in [-0.05, 0) is 49.6 Å². The van der Waals surface area contributed by atoms with Gasteiger partial charge in [-0.15, -0.1) is 0 Å². The average molecular weight is 513 g/mol. The van der Waals surface area contributed by atoms with E-state index in [2.05, 4.69) is 4.90 Å². The molecule has 0 N–H and O–H groups in total. The van der Waals surface area contributed by atoms with Crippen LogP contribution < -0.4 is 9.64 Å². The number of carbonyl (C=O) groups is 1. The molecule has 0 aliphatic carbocycles. The zero-order valence-corrected chi connectivity index (χ0v) is 21.6. The maximum Gasteiger partial charge on any atom is 0.254 e. The second-order valence-electron chi connectivity index (χ2n) is 9.79. The largest absolute Gasteiger partial charge is 0.497 e. The topological polar surface area (TPSA) is 85.6 Å². The summed E-state index contributed by atoms with van der Waals surface area (Å²) in [5.41, 5.74) is 2.43. The first-order chi connectivity index (χ1) is 18.7. The Morgan fingerprint density at radius 3 is 2.63 bits per heavy atom. The number of nitrogens with zero attached hydrogens (tertiary/aromatic N) is 6. The van der Waals surface area contributed by atoms with Crippen LogP contribution in [0.1, 0.15) is 41.4 Å². The van der Waals surface area contributed by atoms with E-state index in [0.717, 1.165) is 67.4 Å². The second kappa shape index (κ2) is 10.8. The highest BCUT2D eigenvalue weighted by Gasteiger charge is 2.27. The molecule has 2 aliphatic rings. The van der Waals surface area contributed by atoms with Gasteiger partial charge in [-0.25, -0.2) is 14.6 Å². The second-order valence-corrected chi connectivity index (χ2v) is 9.79. The van der Waals surface area contributed by atoms with E-state index in [1.54, 1.807) is 13.2 Å². The molecule has 0 radical (unpaired) electrons. The Bertz CT molecular complexity index is 1420. The highest BCUT2D eigenvalue weighted by atomic mass is 16.5. The smallest absolute Gasteiger partial charge is 0.254 e. The molecule has 4 heterocycles. The van der Waals surface area contributed by atoms with Crippen LogP contribution in [-0.2, 0) is 4.74 Å². The van der Waals surface area contributed by atoms with E-state index in [-0.39, 0.29) is 11.8 Å². The number of ether oxygens (including phenoxy) is 2. The Balaban J connectivity index is 1.32. The number of anilines is 1. The van der Waals surface area contributed by atoms with Crippen LogP contribution in [-0.4, -0.2) is 77.1 Å².